The van der Waals surface area contributed by atoms with E-state index in [-0.39, 0.29) is 5.75 Å². The van der Waals surface area contributed by atoms with E-state index in [0.717, 1.165) is 0 Å². The van der Waals surface area contributed by atoms with Crippen molar-refractivity contribution < 1.29 is 23.8 Å². The first-order valence-corrected chi connectivity index (χ1v) is 6.52. The summed E-state index contributed by atoms with van der Waals surface area (Å²) in [6, 6.07) is 3.35. The van der Waals surface area contributed by atoms with Crippen molar-refractivity contribution >= 4 is 18.0 Å². The summed E-state index contributed by atoms with van der Waals surface area (Å²) < 4.78 is 18.2. The number of rotatable bonds is 7. The number of benzene rings is 1. The highest BCUT2D eigenvalue weighted by atomic mass is 19.1. The normalized spacial score (nSPS) is 12.1. The van der Waals surface area contributed by atoms with Gasteiger partial charge >= 0.3 is 5.97 Å². The molecule has 1 amide bonds. The van der Waals surface area contributed by atoms with Gasteiger partial charge in [0.25, 0.3) is 0 Å². The predicted octanol–water partition coefficient (Wildman–Crippen LogP) is 2.22. The SMILES string of the molecule is CCCC(NC(=O)/C=C/c1ccc(OC)c(F)c1)C(=O)O. The van der Waals surface area contributed by atoms with E-state index in [9.17, 15) is 14.0 Å². The number of halogens is 1. The molecule has 0 aliphatic carbocycles. The molecule has 0 saturated heterocycles. The molecule has 5 nitrogen and oxygen atoms in total. The Morgan fingerprint density at radius 1 is 1.48 bits per heavy atom. The number of hydrogen-bond acceptors (Lipinski definition) is 3. The van der Waals surface area contributed by atoms with E-state index in [1.807, 2.05) is 6.92 Å². The van der Waals surface area contributed by atoms with Gasteiger partial charge in [0.2, 0.25) is 5.91 Å². The molecular weight excluding hydrogens is 277 g/mol. The predicted molar refractivity (Wildman–Crippen MR) is 76.5 cm³/mol. The minimum Gasteiger partial charge on any atom is -0.494 e. The summed E-state index contributed by atoms with van der Waals surface area (Å²) in [7, 11) is 1.36. The topological polar surface area (TPSA) is 75.6 Å². The zero-order valence-corrected chi connectivity index (χ0v) is 11.9. The van der Waals surface area contributed by atoms with Crippen LogP contribution < -0.4 is 10.1 Å². The number of hydrogen-bond donors (Lipinski definition) is 2. The Hall–Kier alpha value is -2.37. The molecule has 1 aromatic carbocycles. The van der Waals surface area contributed by atoms with E-state index in [0.29, 0.717) is 18.4 Å². The van der Waals surface area contributed by atoms with Crippen molar-refractivity contribution in [3.05, 3.63) is 35.7 Å². The average Bonchev–Trinajstić information content (AvgIpc) is 2.44. The summed E-state index contributed by atoms with van der Waals surface area (Å²) in [6.45, 7) is 1.83. The molecule has 1 unspecified atom stereocenters. The van der Waals surface area contributed by atoms with E-state index in [4.69, 9.17) is 9.84 Å². The van der Waals surface area contributed by atoms with Crippen molar-refractivity contribution in [1.82, 2.24) is 5.32 Å². The molecule has 0 radical (unpaired) electrons. The number of carbonyl (C=O) groups is 2. The Labute approximate surface area is 122 Å². The van der Waals surface area contributed by atoms with Crippen molar-refractivity contribution in [1.29, 1.82) is 0 Å². The van der Waals surface area contributed by atoms with Crippen LogP contribution in [0.2, 0.25) is 0 Å². The highest BCUT2D eigenvalue weighted by Crippen LogP contribution is 2.18. The molecule has 114 valence electrons. The second kappa shape index (κ2) is 8.04. The molecule has 6 heteroatoms. The fraction of sp³-hybridized carbons (Fsp3) is 0.333. The maximum Gasteiger partial charge on any atom is 0.326 e. The van der Waals surface area contributed by atoms with Gasteiger partial charge in [0, 0.05) is 6.08 Å². The lowest BCUT2D eigenvalue weighted by molar-refractivity contribution is -0.141. The largest absolute Gasteiger partial charge is 0.494 e. The van der Waals surface area contributed by atoms with Crippen LogP contribution in [0.3, 0.4) is 0 Å². The first kappa shape index (κ1) is 16.7. The van der Waals surface area contributed by atoms with E-state index in [1.54, 1.807) is 6.07 Å². The zero-order chi connectivity index (χ0) is 15.8. The van der Waals surface area contributed by atoms with Crippen LogP contribution in [0, 0.1) is 5.82 Å². The number of ether oxygens (including phenoxy) is 1. The molecule has 0 saturated carbocycles. The van der Waals surface area contributed by atoms with Gasteiger partial charge in [0.05, 0.1) is 7.11 Å². The van der Waals surface area contributed by atoms with Crippen molar-refractivity contribution in [3.8, 4) is 5.75 Å². The first-order chi connectivity index (χ1) is 9.97. The number of aliphatic carboxylic acids is 1. The second-order valence-electron chi connectivity index (χ2n) is 4.42. The highest BCUT2D eigenvalue weighted by Gasteiger charge is 2.17. The zero-order valence-electron chi connectivity index (χ0n) is 11.9. The van der Waals surface area contributed by atoms with Gasteiger partial charge < -0.3 is 15.2 Å². The third kappa shape index (κ3) is 5.25. The lowest BCUT2D eigenvalue weighted by atomic mass is 10.1. The summed E-state index contributed by atoms with van der Waals surface area (Å²) >= 11 is 0. The van der Waals surface area contributed by atoms with Crippen LogP contribution in [-0.4, -0.2) is 30.1 Å². The quantitative estimate of drug-likeness (QED) is 0.756. The van der Waals surface area contributed by atoms with E-state index >= 15 is 0 Å². The summed E-state index contributed by atoms with van der Waals surface area (Å²) in [6.07, 6.45) is 3.58. The third-order valence-electron chi connectivity index (χ3n) is 2.79. The van der Waals surface area contributed by atoms with Crippen molar-refractivity contribution in [2.24, 2.45) is 0 Å². The van der Waals surface area contributed by atoms with Gasteiger partial charge in [-0.25, -0.2) is 9.18 Å². The summed E-state index contributed by atoms with van der Waals surface area (Å²) in [5.41, 5.74) is 0.478. The highest BCUT2D eigenvalue weighted by molar-refractivity contribution is 5.94. The minimum absolute atomic E-state index is 0.116. The molecule has 0 aromatic heterocycles. The monoisotopic (exact) mass is 295 g/mol. The third-order valence-corrected chi connectivity index (χ3v) is 2.79. The number of carboxylic acid groups (broad SMARTS) is 1. The number of nitrogens with one attached hydrogen (secondary N) is 1. The molecule has 1 atom stereocenters. The Balaban J connectivity index is 2.69. The molecule has 1 rings (SSSR count). The molecule has 0 fully saturated rings. The van der Waals surface area contributed by atoms with Gasteiger partial charge in [-0.2, -0.15) is 0 Å². The van der Waals surface area contributed by atoms with Gasteiger partial charge in [-0.15, -0.1) is 0 Å². The fourth-order valence-electron chi connectivity index (χ4n) is 1.72. The average molecular weight is 295 g/mol. The first-order valence-electron chi connectivity index (χ1n) is 6.52. The van der Waals surface area contributed by atoms with Gasteiger partial charge in [0.1, 0.15) is 6.04 Å². The number of methoxy groups -OCH3 is 1. The minimum atomic E-state index is -1.07. The van der Waals surface area contributed by atoms with Crippen LogP contribution in [0.1, 0.15) is 25.3 Å². The summed E-state index contributed by atoms with van der Waals surface area (Å²) in [5, 5.41) is 11.3. The summed E-state index contributed by atoms with van der Waals surface area (Å²) in [5.74, 6) is -2.03. The summed E-state index contributed by atoms with van der Waals surface area (Å²) in [4.78, 5) is 22.5. The van der Waals surface area contributed by atoms with E-state index in [2.05, 4.69) is 5.32 Å². The van der Waals surface area contributed by atoms with Crippen LogP contribution in [0.25, 0.3) is 6.08 Å². The number of amides is 1. The maximum atomic E-state index is 13.5. The van der Waals surface area contributed by atoms with E-state index in [1.165, 1.54) is 31.4 Å². The van der Waals surface area contributed by atoms with Crippen LogP contribution >= 0.6 is 0 Å². The van der Waals surface area contributed by atoms with Crippen LogP contribution in [-0.2, 0) is 9.59 Å². The Morgan fingerprint density at radius 3 is 2.71 bits per heavy atom. The van der Waals surface area contributed by atoms with Crippen LogP contribution in [0.15, 0.2) is 24.3 Å². The van der Waals surface area contributed by atoms with Crippen molar-refractivity contribution in [3.63, 3.8) is 0 Å². The molecule has 0 bridgehead atoms. The fourth-order valence-corrected chi connectivity index (χ4v) is 1.72. The molecule has 0 aliphatic rings. The second-order valence-corrected chi connectivity index (χ2v) is 4.42. The smallest absolute Gasteiger partial charge is 0.326 e. The van der Waals surface area contributed by atoms with Gasteiger partial charge in [-0.3, -0.25) is 4.79 Å². The molecule has 0 aliphatic heterocycles. The molecular formula is C15H18FNO4. The van der Waals surface area contributed by atoms with Gasteiger partial charge in [0.15, 0.2) is 11.6 Å². The standard InChI is InChI=1S/C15H18FNO4/c1-3-4-12(15(19)20)17-14(18)8-6-10-5-7-13(21-2)11(16)9-10/h5-9,12H,3-4H2,1-2H3,(H,17,18)(H,19,20)/b8-6+. The Morgan fingerprint density at radius 2 is 2.19 bits per heavy atom. The lowest BCUT2D eigenvalue weighted by Crippen LogP contribution is -2.39. The van der Waals surface area contributed by atoms with Crippen LogP contribution in [0.5, 0.6) is 5.75 Å². The number of carboxylic acids is 1. The molecule has 0 heterocycles. The van der Waals surface area contributed by atoms with E-state index < -0.39 is 23.7 Å². The van der Waals surface area contributed by atoms with Gasteiger partial charge in [-0.05, 0) is 30.2 Å². The van der Waals surface area contributed by atoms with Gasteiger partial charge in [-0.1, -0.05) is 19.4 Å². The Bertz CT molecular complexity index is 542. The molecule has 1 aromatic rings. The number of carbonyl (C=O) groups excluding carboxylic acids is 1. The molecule has 2 N–H and O–H groups in total. The Kier molecular flexibility index (Phi) is 6.39. The van der Waals surface area contributed by atoms with Crippen molar-refractivity contribution in [2.45, 2.75) is 25.8 Å². The molecule has 0 spiro atoms. The lowest BCUT2D eigenvalue weighted by Gasteiger charge is -2.11. The molecule has 21 heavy (non-hydrogen) atoms. The van der Waals surface area contributed by atoms with Crippen molar-refractivity contribution in [2.75, 3.05) is 7.11 Å². The van der Waals surface area contributed by atoms with Crippen LogP contribution in [0.4, 0.5) is 4.39 Å². The maximum absolute atomic E-state index is 13.5.